The van der Waals surface area contributed by atoms with Crippen molar-refractivity contribution in [3.8, 4) is 0 Å². The van der Waals surface area contributed by atoms with Crippen molar-refractivity contribution >= 4 is 23.3 Å². The van der Waals surface area contributed by atoms with Gasteiger partial charge in [0.2, 0.25) is 0 Å². The normalized spacial score (nSPS) is 16.7. The number of urea groups is 1. The third-order valence-corrected chi connectivity index (χ3v) is 4.40. The predicted molar refractivity (Wildman–Crippen MR) is 99.2 cm³/mol. The molecule has 0 atom stereocenters. The number of furan rings is 1. The molecule has 1 heterocycles. The third kappa shape index (κ3) is 3.99. The number of primary amides is 1. The molecule has 4 N–H and O–H groups in total. The summed E-state index contributed by atoms with van der Waals surface area (Å²) in [5.41, 5.74) is 9.63. The van der Waals surface area contributed by atoms with Crippen molar-refractivity contribution < 1.29 is 18.4 Å². The molecule has 0 fully saturated rings. The molecule has 0 aliphatic heterocycles. The lowest BCUT2D eigenvalue weighted by atomic mass is 9.75. The average molecular weight is 372 g/mol. The molecule has 2 aromatic rings. The lowest BCUT2D eigenvalue weighted by molar-refractivity contribution is 0.0993. The van der Waals surface area contributed by atoms with Gasteiger partial charge in [-0.3, -0.25) is 4.79 Å². The van der Waals surface area contributed by atoms with Crippen LogP contribution < -0.4 is 16.5 Å². The Labute approximate surface area is 155 Å². The van der Waals surface area contributed by atoms with Crippen LogP contribution in [0, 0.1) is 18.2 Å². The Morgan fingerprint density at radius 2 is 1.89 bits per heavy atom. The zero-order valence-corrected chi connectivity index (χ0v) is 15.4. The summed E-state index contributed by atoms with van der Waals surface area (Å²) >= 11 is 0. The number of amides is 3. The Kier molecular flexibility index (Phi) is 4.73. The fraction of sp³-hybridized carbons (Fsp3) is 0.316. The maximum Gasteiger partial charge on any atom is 0.332 e. The predicted octanol–water partition coefficient (Wildman–Crippen LogP) is 3.32. The first-order valence-corrected chi connectivity index (χ1v) is 8.48. The van der Waals surface area contributed by atoms with E-state index in [0.29, 0.717) is 41.1 Å². The quantitative estimate of drug-likeness (QED) is 0.719. The zero-order valence-electron chi connectivity index (χ0n) is 15.4. The first-order valence-electron chi connectivity index (χ1n) is 8.48. The molecule has 0 radical (unpaired) electrons. The number of nitrogens with zero attached hydrogens (tertiary/aromatic N) is 1. The summed E-state index contributed by atoms with van der Waals surface area (Å²) in [6.07, 6.45) is 1.22. The van der Waals surface area contributed by atoms with Crippen LogP contribution in [0.1, 0.15) is 47.7 Å². The summed E-state index contributed by atoms with van der Waals surface area (Å²) in [4.78, 5) is 23.7. The lowest BCUT2D eigenvalue weighted by Gasteiger charge is -2.29. The van der Waals surface area contributed by atoms with Crippen molar-refractivity contribution in [1.82, 2.24) is 5.43 Å². The van der Waals surface area contributed by atoms with Crippen molar-refractivity contribution in [3.05, 3.63) is 52.7 Å². The van der Waals surface area contributed by atoms with Crippen LogP contribution in [-0.4, -0.2) is 17.6 Å². The highest BCUT2D eigenvalue weighted by Crippen LogP contribution is 2.38. The fourth-order valence-corrected chi connectivity index (χ4v) is 3.27. The van der Waals surface area contributed by atoms with Crippen LogP contribution >= 0.6 is 0 Å². The van der Waals surface area contributed by atoms with E-state index in [1.807, 2.05) is 13.8 Å². The summed E-state index contributed by atoms with van der Waals surface area (Å²) in [5.74, 6) is -0.0250. The van der Waals surface area contributed by atoms with Gasteiger partial charge in [0.1, 0.15) is 11.6 Å². The third-order valence-electron chi connectivity index (χ3n) is 4.40. The molecule has 0 saturated heterocycles. The molecule has 0 saturated carbocycles. The summed E-state index contributed by atoms with van der Waals surface area (Å²) in [6.45, 7) is 5.86. The number of fused-ring (bicyclic) bond motifs is 1. The topological polar surface area (TPSA) is 110 Å². The number of nitrogens with one attached hydrogen (secondary N) is 2. The molecule has 3 rings (SSSR count). The van der Waals surface area contributed by atoms with Gasteiger partial charge in [-0.1, -0.05) is 13.8 Å². The van der Waals surface area contributed by atoms with Crippen LogP contribution in [-0.2, 0) is 6.42 Å². The van der Waals surface area contributed by atoms with Gasteiger partial charge in [-0.2, -0.15) is 5.10 Å². The van der Waals surface area contributed by atoms with E-state index in [-0.39, 0.29) is 17.0 Å². The Bertz CT molecular complexity index is 929. The Morgan fingerprint density at radius 1 is 1.22 bits per heavy atom. The summed E-state index contributed by atoms with van der Waals surface area (Å²) in [6, 6.07) is 4.70. The van der Waals surface area contributed by atoms with Crippen LogP contribution in [0.4, 0.5) is 14.9 Å². The zero-order chi connectivity index (χ0) is 19.8. The van der Waals surface area contributed by atoms with Gasteiger partial charge in [0.15, 0.2) is 5.76 Å². The minimum Gasteiger partial charge on any atom is -0.455 e. The van der Waals surface area contributed by atoms with Gasteiger partial charge in [0.05, 0.1) is 5.71 Å². The molecular weight excluding hydrogens is 351 g/mol. The smallest absolute Gasteiger partial charge is 0.332 e. The van der Waals surface area contributed by atoms with Gasteiger partial charge in [0, 0.05) is 23.2 Å². The van der Waals surface area contributed by atoms with Gasteiger partial charge in [0.25, 0.3) is 5.91 Å². The Morgan fingerprint density at radius 3 is 2.52 bits per heavy atom. The maximum absolute atomic E-state index is 13.0. The fourth-order valence-electron chi connectivity index (χ4n) is 3.27. The second-order valence-corrected chi connectivity index (χ2v) is 7.37. The van der Waals surface area contributed by atoms with Gasteiger partial charge in [-0.25, -0.2) is 14.6 Å². The number of carbonyl (C=O) groups is 2. The van der Waals surface area contributed by atoms with Crippen LogP contribution in [0.25, 0.3) is 0 Å². The molecule has 27 heavy (non-hydrogen) atoms. The minimum absolute atomic E-state index is 0.153. The molecule has 1 aliphatic carbocycles. The Balaban J connectivity index is 1.95. The van der Waals surface area contributed by atoms with Crippen LogP contribution in [0.2, 0.25) is 0 Å². The maximum atomic E-state index is 13.0. The monoisotopic (exact) mass is 372 g/mol. The van der Waals surface area contributed by atoms with Gasteiger partial charge >= 0.3 is 6.03 Å². The van der Waals surface area contributed by atoms with E-state index in [9.17, 15) is 14.0 Å². The number of carbonyl (C=O) groups excluding carboxylic acids is 2. The molecule has 1 aliphatic rings. The number of hydrogen-bond donors (Lipinski definition) is 3. The van der Waals surface area contributed by atoms with E-state index in [1.54, 1.807) is 6.92 Å². The molecular formula is C19H21FN4O3. The summed E-state index contributed by atoms with van der Waals surface area (Å²) in [7, 11) is 0. The molecule has 7 nitrogen and oxygen atoms in total. The number of anilines is 1. The van der Waals surface area contributed by atoms with Crippen molar-refractivity contribution in [2.24, 2.45) is 16.3 Å². The van der Waals surface area contributed by atoms with Crippen molar-refractivity contribution in [1.29, 1.82) is 0 Å². The number of hydrazone groups is 1. The number of halogens is 1. The highest BCUT2D eigenvalue weighted by Gasteiger charge is 2.36. The van der Waals surface area contributed by atoms with Gasteiger partial charge in [-0.15, -0.1) is 0 Å². The van der Waals surface area contributed by atoms with E-state index < -0.39 is 11.9 Å². The highest BCUT2D eigenvalue weighted by atomic mass is 19.1. The summed E-state index contributed by atoms with van der Waals surface area (Å²) in [5, 5.41) is 6.80. The standard InChI is InChI=1S/C19H21FN4O3/c1-10-15-13(23-24-18(21)26)8-19(2,3)9-14(15)27-16(10)17(25)22-12-6-4-11(20)5-7-12/h4-7H,8-9H2,1-3H3,(H,22,25)(H3,21,24,26)/b23-13-. The first-order chi connectivity index (χ1) is 12.7. The van der Waals surface area contributed by atoms with E-state index in [1.165, 1.54) is 24.3 Å². The van der Waals surface area contributed by atoms with Crippen LogP contribution in [0.15, 0.2) is 33.8 Å². The van der Waals surface area contributed by atoms with E-state index in [4.69, 9.17) is 10.2 Å². The van der Waals surface area contributed by atoms with E-state index in [0.717, 1.165) is 0 Å². The molecule has 0 spiro atoms. The van der Waals surface area contributed by atoms with E-state index >= 15 is 0 Å². The first kappa shape index (κ1) is 18.6. The Hall–Kier alpha value is -3.16. The number of hydrogen-bond acceptors (Lipinski definition) is 4. The molecule has 1 aromatic carbocycles. The van der Waals surface area contributed by atoms with Crippen molar-refractivity contribution in [2.45, 2.75) is 33.6 Å². The number of benzene rings is 1. The molecule has 1 aromatic heterocycles. The number of nitrogens with two attached hydrogens (primary N) is 1. The van der Waals surface area contributed by atoms with E-state index in [2.05, 4.69) is 15.8 Å². The molecule has 0 bridgehead atoms. The lowest BCUT2D eigenvalue weighted by Crippen LogP contribution is -2.31. The average Bonchev–Trinajstić information content (AvgIpc) is 2.90. The van der Waals surface area contributed by atoms with Crippen molar-refractivity contribution in [3.63, 3.8) is 0 Å². The SMILES string of the molecule is Cc1c(C(=O)Nc2ccc(F)cc2)oc2c1/C(=N\NC(N)=O)CC(C)(C)C2. The molecule has 8 heteroatoms. The van der Waals surface area contributed by atoms with Crippen LogP contribution in [0.3, 0.4) is 0 Å². The van der Waals surface area contributed by atoms with Gasteiger partial charge in [-0.05, 0) is 43.0 Å². The summed E-state index contributed by atoms with van der Waals surface area (Å²) < 4.78 is 18.9. The highest BCUT2D eigenvalue weighted by molar-refractivity contribution is 6.09. The molecule has 142 valence electrons. The number of rotatable bonds is 3. The van der Waals surface area contributed by atoms with Crippen molar-refractivity contribution in [2.75, 3.05) is 5.32 Å². The second-order valence-electron chi connectivity index (χ2n) is 7.37. The largest absolute Gasteiger partial charge is 0.455 e. The minimum atomic E-state index is -0.761. The molecule has 0 unspecified atom stereocenters. The second kappa shape index (κ2) is 6.86. The van der Waals surface area contributed by atoms with Crippen LogP contribution in [0.5, 0.6) is 0 Å². The van der Waals surface area contributed by atoms with Gasteiger partial charge < -0.3 is 15.5 Å². The molecule has 3 amide bonds.